The van der Waals surface area contributed by atoms with Crippen molar-refractivity contribution in [3.8, 4) is 0 Å². The van der Waals surface area contributed by atoms with Crippen LogP contribution < -0.4 is 5.73 Å². The topological polar surface area (TPSA) is 64.4 Å². The van der Waals surface area contributed by atoms with Crippen LogP contribution in [-0.4, -0.2) is 17.9 Å². The molecule has 1 heterocycles. The van der Waals surface area contributed by atoms with Crippen molar-refractivity contribution in [1.29, 1.82) is 0 Å². The van der Waals surface area contributed by atoms with Gasteiger partial charge in [0.15, 0.2) is 11.6 Å². The molecule has 0 bridgehead atoms. The molecule has 0 spiro atoms. The molecule has 0 unspecified atom stereocenters. The van der Waals surface area contributed by atoms with Crippen LogP contribution in [-0.2, 0) is 0 Å². The number of nitrogen functional groups attached to an aromatic ring is 1. The molecule has 4 heteroatoms. The van der Waals surface area contributed by atoms with Gasteiger partial charge in [-0.3, -0.25) is 4.99 Å². The summed E-state index contributed by atoms with van der Waals surface area (Å²) < 4.78 is 5.19. The highest BCUT2D eigenvalue weighted by atomic mass is 16.5. The standard InChI is InChI=1S/C11H17N3O/c1-6-7-8(15-14-10(7)12)9(13-5)11(2,3)4/h6H,1H2,2-5H3,(H2,12,14). The van der Waals surface area contributed by atoms with Gasteiger partial charge in [-0.2, -0.15) is 0 Å². The number of aliphatic imine (C=N–C) groups is 1. The highest BCUT2D eigenvalue weighted by molar-refractivity contribution is 6.05. The number of hydrogen-bond acceptors (Lipinski definition) is 4. The van der Waals surface area contributed by atoms with Gasteiger partial charge in [0, 0.05) is 12.5 Å². The third-order valence-electron chi connectivity index (χ3n) is 2.11. The van der Waals surface area contributed by atoms with Crippen LogP contribution in [0.4, 0.5) is 5.82 Å². The second kappa shape index (κ2) is 3.88. The molecule has 4 nitrogen and oxygen atoms in total. The summed E-state index contributed by atoms with van der Waals surface area (Å²) in [4.78, 5) is 4.23. The Labute approximate surface area is 89.9 Å². The Balaban J connectivity index is 3.32. The van der Waals surface area contributed by atoms with E-state index in [-0.39, 0.29) is 5.41 Å². The van der Waals surface area contributed by atoms with Crippen molar-refractivity contribution in [3.63, 3.8) is 0 Å². The van der Waals surface area contributed by atoms with Gasteiger partial charge in [0.05, 0.1) is 11.3 Å². The molecule has 0 amide bonds. The first-order chi connectivity index (χ1) is 6.91. The van der Waals surface area contributed by atoms with E-state index in [1.54, 1.807) is 13.1 Å². The number of nitrogens with two attached hydrogens (primary N) is 1. The van der Waals surface area contributed by atoms with Gasteiger partial charge in [-0.15, -0.1) is 0 Å². The molecule has 2 N–H and O–H groups in total. The Hall–Kier alpha value is -1.58. The van der Waals surface area contributed by atoms with Gasteiger partial charge >= 0.3 is 0 Å². The summed E-state index contributed by atoms with van der Waals surface area (Å²) in [5.41, 5.74) is 7.09. The van der Waals surface area contributed by atoms with Crippen molar-refractivity contribution in [3.05, 3.63) is 17.9 Å². The quantitative estimate of drug-likeness (QED) is 0.757. The molecule has 15 heavy (non-hydrogen) atoms. The lowest BCUT2D eigenvalue weighted by atomic mass is 9.87. The molecule has 0 saturated carbocycles. The molecule has 0 aliphatic carbocycles. The van der Waals surface area contributed by atoms with E-state index in [1.807, 2.05) is 0 Å². The monoisotopic (exact) mass is 207 g/mol. The Morgan fingerprint density at radius 2 is 2.13 bits per heavy atom. The third kappa shape index (κ3) is 2.09. The maximum atomic E-state index is 5.66. The normalized spacial score (nSPS) is 12.9. The lowest BCUT2D eigenvalue weighted by Crippen LogP contribution is -2.21. The fraction of sp³-hybridized carbons (Fsp3) is 0.455. The van der Waals surface area contributed by atoms with Gasteiger partial charge in [0.2, 0.25) is 0 Å². The molecule has 82 valence electrons. The zero-order chi connectivity index (χ0) is 11.6. The Bertz CT molecular complexity index is 396. The van der Waals surface area contributed by atoms with E-state index in [2.05, 4.69) is 37.5 Å². The Morgan fingerprint density at radius 3 is 2.53 bits per heavy atom. The van der Waals surface area contributed by atoms with E-state index in [0.29, 0.717) is 17.1 Å². The maximum absolute atomic E-state index is 5.66. The molecule has 0 aromatic carbocycles. The van der Waals surface area contributed by atoms with Crippen LogP contribution in [0.3, 0.4) is 0 Å². The molecular weight excluding hydrogens is 190 g/mol. The summed E-state index contributed by atoms with van der Waals surface area (Å²) in [7, 11) is 1.73. The van der Waals surface area contributed by atoms with E-state index >= 15 is 0 Å². The van der Waals surface area contributed by atoms with Crippen molar-refractivity contribution in [2.24, 2.45) is 10.4 Å². The summed E-state index contributed by atoms with van der Waals surface area (Å²) in [5.74, 6) is 0.961. The van der Waals surface area contributed by atoms with Gasteiger partial charge < -0.3 is 10.3 Å². The smallest absolute Gasteiger partial charge is 0.190 e. The van der Waals surface area contributed by atoms with E-state index in [0.717, 1.165) is 5.71 Å². The molecule has 0 aliphatic heterocycles. The van der Waals surface area contributed by atoms with Crippen molar-refractivity contribution in [2.75, 3.05) is 12.8 Å². The maximum Gasteiger partial charge on any atom is 0.190 e. The Kier molecular flexibility index (Phi) is 2.98. The minimum absolute atomic E-state index is 0.113. The summed E-state index contributed by atoms with van der Waals surface area (Å²) in [5, 5.41) is 3.72. The summed E-state index contributed by atoms with van der Waals surface area (Å²) in [6.07, 6.45) is 1.64. The van der Waals surface area contributed by atoms with E-state index in [9.17, 15) is 0 Å². The van der Waals surface area contributed by atoms with Crippen LogP contribution in [0, 0.1) is 5.41 Å². The van der Waals surface area contributed by atoms with Gasteiger partial charge in [0.25, 0.3) is 0 Å². The van der Waals surface area contributed by atoms with Crippen LogP contribution in [0.25, 0.3) is 6.08 Å². The molecule has 0 radical (unpaired) electrons. The molecule has 1 aromatic rings. The first-order valence-corrected chi connectivity index (χ1v) is 4.77. The van der Waals surface area contributed by atoms with Gasteiger partial charge in [-0.25, -0.2) is 0 Å². The van der Waals surface area contributed by atoms with Crippen molar-refractivity contribution < 1.29 is 4.52 Å². The summed E-state index contributed by atoms with van der Waals surface area (Å²) in [6.45, 7) is 9.86. The van der Waals surface area contributed by atoms with Crippen LogP contribution in [0.1, 0.15) is 32.1 Å². The first-order valence-electron chi connectivity index (χ1n) is 4.77. The third-order valence-corrected chi connectivity index (χ3v) is 2.11. The van der Waals surface area contributed by atoms with Crippen LogP contribution in [0.15, 0.2) is 16.1 Å². The molecule has 0 atom stereocenters. The zero-order valence-corrected chi connectivity index (χ0v) is 9.66. The predicted octanol–water partition coefficient (Wildman–Crippen LogP) is 2.36. The number of aromatic nitrogens is 1. The van der Waals surface area contributed by atoms with E-state index in [1.165, 1.54) is 0 Å². The van der Waals surface area contributed by atoms with Crippen LogP contribution in [0.2, 0.25) is 0 Å². The Morgan fingerprint density at radius 1 is 1.53 bits per heavy atom. The molecule has 0 aliphatic rings. The molecular formula is C11H17N3O. The van der Waals surface area contributed by atoms with Crippen molar-refractivity contribution in [2.45, 2.75) is 20.8 Å². The fourth-order valence-electron chi connectivity index (χ4n) is 1.46. The first kappa shape index (κ1) is 11.5. The molecule has 1 aromatic heterocycles. The van der Waals surface area contributed by atoms with Gasteiger partial charge in [-0.05, 0) is 0 Å². The minimum atomic E-state index is -0.113. The molecule has 0 fully saturated rings. The zero-order valence-electron chi connectivity index (χ0n) is 9.66. The number of rotatable bonds is 2. The fourth-order valence-corrected chi connectivity index (χ4v) is 1.46. The van der Waals surface area contributed by atoms with E-state index < -0.39 is 0 Å². The van der Waals surface area contributed by atoms with Crippen LogP contribution in [0.5, 0.6) is 0 Å². The summed E-state index contributed by atoms with van der Waals surface area (Å²) >= 11 is 0. The average molecular weight is 207 g/mol. The minimum Gasteiger partial charge on any atom is -0.380 e. The molecule has 1 rings (SSSR count). The van der Waals surface area contributed by atoms with Crippen LogP contribution >= 0.6 is 0 Å². The van der Waals surface area contributed by atoms with Crippen molar-refractivity contribution >= 4 is 17.6 Å². The number of anilines is 1. The van der Waals surface area contributed by atoms with Crippen molar-refractivity contribution in [1.82, 2.24) is 5.16 Å². The second-order valence-corrected chi connectivity index (χ2v) is 4.34. The average Bonchev–Trinajstić information content (AvgIpc) is 2.46. The largest absolute Gasteiger partial charge is 0.380 e. The highest BCUT2D eigenvalue weighted by Crippen LogP contribution is 2.27. The second-order valence-electron chi connectivity index (χ2n) is 4.34. The van der Waals surface area contributed by atoms with Gasteiger partial charge in [-0.1, -0.05) is 38.6 Å². The molecule has 0 saturated heterocycles. The SMILES string of the molecule is C=Cc1c(N)noc1C(=NC)C(C)(C)C. The lowest BCUT2D eigenvalue weighted by Gasteiger charge is -2.19. The summed E-state index contributed by atoms with van der Waals surface area (Å²) in [6, 6.07) is 0. The highest BCUT2D eigenvalue weighted by Gasteiger charge is 2.26. The van der Waals surface area contributed by atoms with E-state index in [4.69, 9.17) is 10.3 Å². The lowest BCUT2D eigenvalue weighted by molar-refractivity contribution is 0.408. The predicted molar refractivity (Wildman–Crippen MR) is 62.9 cm³/mol. The van der Waals surface area contributed by atoms with Gasteiger partial charge in [0.1, 0.15) is 0 Å². The number of hydrogen-bond donors (Lipinski definition) is 1. The number of nitrogens with zero attached hydrogens (tertiary/aromatic N) is 2.